The van der Waals surface area contributed by atoms with Crippen molar-refractivity contribution in [1.82, 2.24) is 3.12 Å². The van der Waals surface area contributed by atoms with Crippen LogP contribution in [0.4, 0.5) is 0 Å². The SMILES string of the molecule is O=C1c2ccccc2C(=O)[N]1[Sn]([CH]1CCCCC1)([CH]1CCCCC1)[CH]1CCCCC1. The fourth-order valence-corrected chi connectivity index (χ4v) is 30.7. The van der Waals surface area contributed by atoms with Gasteiger partial charge in [0.2, 0.25) is 0 Å². The summed E-state index contributed by atoms with van der Waals surface area (Å²) in [5, 5.41) is 0. The Labute approximate surface area is 186 Å². The van der Waals surface area contributed by atoms with Crippen LogP contribution in [0, 0.1) is 0 Å². The van der Waals surface area contributed by atoms with Crippen LogP contribution in [-0.4, -0.2) is 33.6 Å². The third-order valence-electron chi connectivity index (χ3n) is 8.96. The Kier molecular flexibility index (Phi) is 6.28. The van der Waals surface area contributed by atoms with E-state index in [1.165, 1.54) is 96.3 Å². The Hall–Kier alpha value is -0.841. The minimum atomic E-state index is -3.42. The topological polar surface area (TPSA) is 37.4 Å². The summed E-state index contributed by atoms with van der Waals surface area (Å²) in [6.07, 6.45) is 19.6. The van der Waals surface area contributed by atoms with Gasteiger partial charge in [0.25, 0.3) is 0 Å². The van der Waals surface area contributed by atoms with E-state index in [1.54, 1.807) is 0 Å². The van der Waals surface area contributed by atoms with Crippen LogP contribution in [0.2, 0.25) is 11.8 Å². The maximum absolute atomic E-state index is 13.9. The van der Waals surface area contributed by atoms with E-state index in [2.05, 4.69) is 3.12 Å². The molecular weight excluding hydrogens is 477 g/mol. The molecule has 0 N–H and O–H groups in total. The van der Waals surface area contributed by atoms with E-state index in [1.807, 2.05) is 24.3 Å². The molecule has 3 nitrogen and oxygen atoms in total. The Morgan fingerprint density at radius 3 is 1.23 bits per heavy atom. The Morgan fingerprint density at radius 2 is 0.900 bits per heavy atom. The Bertz CT molecular complexity index is 707. The minimum absolute atomic E-state index is 0.105. The van der Waals surface area contributed by atoms with Crippen LogP contribution in [0.3, 0.4) is 0 Å². The summed E-state index contributed by atoms with van der Waals surface area (Å²) in [7, 11) is 0. The van der Waals surface area contributed by atoms with Crippen LogP contribution in [0.5, 0.6) is 0 Å². The van der Waals surface area contributed by atoms with Gasteiger partial charge in [-0.05, 0) is 0 Å². The van der Waals surface area contributed by atoms with E-state index < -0.39 is 18.7 Å². The van der Waals surface area contributed by atoms with Crippen molar-refractivity contribution in [3.05, 3.63) is 35.4 Å². The average molecular weight is 514 g/mol. The van der Waals surface area contributed by atoms with Crippen LogP contribution in [0.1, 0.15) is 117 Å². The maximum atomic E-state index is 13.9. The van der Waals surface area contributed by atoms with Gasteiger partial charge in [0.15, 0.2) is 0 Å². The van der Waals surface area contributed by atoms with Crippen LogP contribution >= 0.6 is 0 Å². The molecule has 0 unspecified atom stereocenters. The quantitative estimate of drug-likeness (QED) is 0.314. The normalized spacial score (nSPS) is 25.0. The third-order valence-corrected chi connectivity index (χ3v) is 28.5. The molecule has 0 radical (unpaired) electrons. The first-order chi connectivity index (χ1) is 14.7. The Balaban J connectivity index is 1.66. The number of hydrogen-bond acceptors (Lipinski definition) is 2. The van der Waals surface area contributed by atoms with Gasteiger partial charge < -0.3 is 0 Å². The molecule has 3 fully saturated rings. The molecule has 162 valence electrons. The van der Waals surface area contributed by atoms with Gasteiger partial charge in [0.05, 0.1) is 0 Å². The average Bonchev–Trinajstić information content (AvgIpc) is 3.08. The predicted molar refractivity (Wildman–Crippen MR) is 123 cm³/mol. The van der Waals surface area contributed by atoms with Gasteiger partial charge in [0.1, 0.15) is 0 Å². The molecule has 1 heterocycles. The van der Waals surface area contributed by atoms with Gasteiger partial charge in [-0.15, -0.1) is 0 Å². The molecule has 5 rings (SSSR count). The molecule has 3 aliphatic carbocycles. The second kappa shape index (κ2) is 8.96. The molecule has 1 aromatic rings. The molecule has 0 bridgehead atoms. The van der Waals surface area contributed by atoms with E-state index in [0.717, 1.165) is 0 Å². The molecular formula is C26H37NO2Sn. The van der Waals surface area contributed by atoms with E-state index in [9.17, 15) is 9.59 Å². The number of benzene rings is 1. The molecule has 0 saturated heterocycles. The number of fused-ring (bicyclic) bond motifs is 1. The molecule has 1 aliphatic heterocycles. The number of rotatable bonds is 4. The monoisotopic (exact) mass is 515 g/mol. The second-order valence-corrected chi connectivity index (χ2v) is 23.7. The zero-order valence-electron chi connectivity index (χ0n) is 18.4. The summed E-state index contributed by atoms with van der Waals surface area (Å²) >= 11 is -3.42. The van der Waals surface area contributed by atoms with E-state index in [4.69, 9.17) is 0 Å². The van der Waals surface area contributed by atoms with Gasteiger partial charge in [-0.1, -0.05) is 0 Å². The fourth-order valence-electron chi connectivity index (χ4n) is 7.78. The molecule has 4 aliphatic rings. The van der Waals surface area contributed by atoms with E-state index in [0.29, 0.717) is 22.9 Å². The molecule has 30 heavy (non-hydrogen) atoms. The number of hydrogen-bond donors (Lipinski definition) is 0. The fraction of sp³-hybridized carbons (Fsp3) is 0.692. The zero-order valence-corrected chi connectivity index (χ0v) is 21.3. The van der Waals surface area contributed by atoms with Crippen molar-refractivity contribution >= 4 is 30.5 Å². The van der Waals surface area contributed by atoms with Gasteiger partial charge >= 0.3 is 187 Å². The van der Waals surface area contributed by atoms with Crippen molar-refractivity contribution in [2.75, 3.05) is 0 Å². The van der Waals surface area contributed by atoms with Crippen LogP contribution in [-0.2, 0) is 0 Å². The van der Waals surface area contributed by atoms with E-state index in [-0.39, 0.29) is 11.8 Å². The van der Waals surface area contributed by atoms with Crippen molar-refractivity contribution in [3.8, 4) is 0 Å². The summed E-state index contributed by atoms with van der Waals surface area (Å²) in [4.78, 5) is 27.9. The van der Waals surface area contributed by atoms with E-state index >= 15 is 0 Å². The molecule has 0 aromatic heterocycles. The predicted octanol–water partition coefficient (Wildman–Crippen LogP) is 7.23. The number of carbonyl (C=O) groups is 2. The van der Waals surface area contributed by atoms with Gasteiger partial charge in [0, 0.05) is 0 Å². The first-order valence-electron chi connectivity index (χ1n) is 12.7. The summed E-state index contributed by atoms with van der Waals surface area (Å²) in [6, 6.07) is 7.70. The molecule has 0 spiro atoms. The van der Waals surface area contributed by atoms with Crippen molar-refractivity contribution in [2.45, 2.75) is 108 Å². The van der Waals surface area contributed by atoms with Crippen molar-refractivity contribution in [1.29, 1.82) is 0 Å². The number of imide groups is 1. The summed E-state index contributed by atoms with van der Waals surface area (Å²) in [5.74, 6) is 0.209. The third kappa shape index (κ3) is 3.38. The van der Waals surface area contributed by atoms with Crippen molar-refractivity contribution in [3.63, 3.8) is 0 Å². The summed E-state index contributed by atoms with van der Waals surface area (Å²) in [6.45, 7) is 0. The first-order valence-corrected chi connectivity index (χ1v) is 18.9. The first kappa shape index (κ1) is 21.0. The number of nitrogens with zero attached hydrogens (tertiary/aromatic N) is 1. The van der Waals surface area contributed by atoms with Gasteiger partial charge in [-0.3, -0.25) is 0 Å². The number of amides is 2. The molecule has 1 aromatic carbocycles. The molecule has 3 saturated carbocycles. The summed E-state index contributed by atoms with van der Waals surface area (Å²) in [5.41, 5.74) is 1.40. The van der Waals surface area contributed by atoms with Crippen molar-refractivity contribution in [2.24, 2.45) is 0 Å². The second-order valence-electron chi connectivity index (χ2n) is 10.4. The molecule has 2 amide bonds. The van der Waals surface area contributed by atoms with Crippen molar-refractivity contribution < 1.29 is 9.59 Å². The standard InChI is InChI=1S/C8H5NO2.3C6H11.Sn/c10-7-5-3-1-2-4-6(5)8(11)9-7;3*1-2-4-6-5-3-1;/h1-4H,(H,9,10,11);3*1H,2-6H2;/q;;;;+1/p-1. The van der Waals surface area contributed by atoms with Gasteiger partial charge in [-0.2, -0.15) is 0 Å². The van der Waals surface area contributed by atoms with Crippen LogP contribution < -0.4 is 0 Å². The summed E-state index contributed by atoms with van der Waals surface area (Å²) < 4.78 is 4.19. The molecule has 4 heteroatoms. The van der Waals surface area contributed by atoms with Crippen LogP contribution in [0.25, 0.3) is 0 Å². The Morgan fingerprint density at radius 1 is 0.567 bits per heavy atom. The van der Waals surface area contributed by atoms with Crippen LogP contribution in [0.15, 0.2) is 24.3 Å². The molecule has 0 atom stereocenters. The van der Waals surface area contributed by atoms with Gasteiger partial charge in [-0.25, -0.2) is 0 Å². The zero-order chi connectivity index (χ0) is 20.6. The number of carbonyl (C=O) groups excluding carboxylic acids is 2.